The summed E-state index contributed by atoms with van der Waals surface area (Å²) in [6.45, 7) is 4.12. The number of carbonyl (C=O) groups is 2. The fourth-order valence-corrected chi connectivity index (χ4v) is 2.38. The topological polar surface area (TPSA) is 74.6 Å². The van der Waals surface area contributed by atoms with E-state index < -0.39 is 23.8 Å². The largest absolute Gasteiger partial charge is 0.481 e. The van der Waals surface area contributed by atoms with Crippen LogP contribution in [0.2, 0.25) is 0 Å². The Morgan fingerprint density at radius 1 is 1.06 bits per heavy atom. The van der Waals surface area contributed by atoms with E-state index in [2.05, 4.69) is 13.8 Å². The van der Waals surface area contributed by atoms with Crippen molar-refractivity contribution in [3.63, 3.8) is 0 Å². The predicted octanol–water partition coefficient (Wildman–Crippen LogP) is 1.46. The second kappa shape index (κ2) is 6.27. The van der Waals surface area contributed by atoms with Crippen LogP contribution in [0.4, 0.5) is 0 Å². The van der Waals surface area contributed by atoms with E-state index in [4.69, 9.17) is 10.2 Å². The summed E-state index contributed by atoms with van der Waals surface area (Å²) in [6, 6.07) is 0. The van der Waals surface area contributed by atoms with Gasteiger partial charge in [-0.25, -0.2) is 0 Å². The molecule has 0 aromatic carbocycles. The zero-order valence-electron chi connectivity index (χ0n) is 9.72. The smallest absolute Gasteiger partial charge is 0.307 e. The van der Waals surface area contributed by atoms with Gasteiger partial charge in [-0.1, -0.05) is 13.8 Å². The number of hydrogen-bond donors (Lipinski definition) is 2. The van der Waals surface area contributed by atoms with Gasteiger partial charge < -0.3 is 10.2 Å². The van der Waals surface area contributed by atoms with Gasteiger partial charge in [-0.3, -0.25) is 9.59 Å². The summed E-state index contributed by atoms with van der Waals surface area (Å²) in [4.78, 5) is 21.9. The molecule has 89 valence electrons. The minimum absolute atomic E-state index is 0. The predicted molar refractivity (Wildman–Crippen MR) is 60.2 cm³/mol. The molecular weight excluding hydrogens is 223 g/mol. The fourth-order valence-electron chi connectivity index (χ4n) is 2.38. The molecule has 3 radical (unpaired) electrons. The molecule has 0 aromatic heterocycles. The monoisotopic (exact) mass is 241 g/mol. The first-order valence-electron chi connectivity index (χ1n) is 5.39. The number of aliphatic carboxylic acids is 2. The van der Waals surface area contributed by atoms with E-state index >= 15 is 0 Å². The number of carboxylic acid groups (broad SMARTS) is 2. The van der Waals surface area contributed by atoms with Crippen molar-refractivity contribution in [3.05, 3.63) is 0 Å². The van der Waals surface area contributed by atoms with Crippen LogP contribution < -0.4 is 0 Å². The van der Waals surface area contributed by atoms with Crippen molar-refractivity contribution in [2.24, 2.45) is 23.7 Å². The van der Waals surface area contributed by atoms with Crippen molar-refractivity contribution in [1.82, 2.24) is 0 Å². The van der Waals surface area contributed by atoms with E-state index in [1.165, 1.54) is 0 Å². The minimum atomic E-state index is -0.968. The highest BCUT2D eigenvalue weighted by atomic mass is 27.0. The van der Waals surface area contributed by atoms with E-state index in [1.54, 1.807) is 0 Å². The molecule has 4 nitrogen and oxygen atoms in total. The molecule has 16 heavy (non-hydrogen) atoms. The van der Waals surface area contributed by atoms with Crippen molar-refractivity contribution in [2.75, 3.05) is 0 Å². The Morgan fingerprint density at radius 3 is 1.94 bits per heavy atom. The molecule has 1 aliphatic carbocycles. The molecule has 0 aromatic rings. The highest BCUT2D eigenvalue weighted by molar-refractivity contribution is 5.80. The quantitative estimate of drug-likeness (QED) is 0.733. The van der Waals surface area contributed by atoms with Gasteiger partial charge >= 0.3 is 11.9 Å². The van der Waals surface area contributed by atoms with Crippen LogP contribution in [0.1, 0.15) is 33.1 Å². The molecule has 0 spiro atoms. The molecule has 3 unspecified atom stereocenters. The number of rotatable bonds is 3. The van der Waals surface area contributed by atoms with Gasteiger partial charge in [-0.2, -0.15) is 0 Å². The van der Waals surface area contributed by atoms with Crippen molar-refractivity contribution >= 4 is 29.3 Å². The third kappa shape index (κ3) is 3.50. The average Bonchev–Trinajstić information content (AvgIpc) is 2.16. The highest BCUT2D eigenvalue weighted by Gasteiger charge is 2.39. The zero-order valence-corrected chi connectivity index (χ0v) is 10.9. The average molecular weight is 241 g/mol. The lowest BCUT2D eigenvalue weighted by molar-refractivity contribution is -0.157. The number of hydrogen-bond acceptors (Lipinski definition) is 2. The van der Waals surface area contributed by atoms with Gasteiger partial charge in [-0.05, 0) is 31.1 Å². The Morgan fingerprint density at radius 2 is 1.56 bits per heavy atom. The second-order valence-corrected chi connectivity index (χ2v) is 4.71. The molecular formula is C11H18AlO4. The Bertz CT molecular complexity index is 265. The molecule has 0 bridgehead atoms. The van der Waals surface area contributed by atoms with Gasteiger partial charge in [0.05, 0.1) is 11.8 Å². The lowest BCUT2D eigenvalue weighted by Crippen LogP contribution is -2.36. The van der Waals surface area contributed by atoms with Crippen LogP contribution in [0.5, 0.6) is 0 Å². The van der Waals surface area contributed by atoms with Gasteiger partial charge in [0, 0.05) is 17.4 Å². The van der Waals surface area contributed by atoms with E-state index in [0.29, 0.717) is 24.7 Å². The lowest BCUT2D eigenvalue weighted by atomic mass is 9.70. The first-order chi connectivity index (χ1) is 6.93. The van der Waals surface area contributed by atoms with Crippen molar-refractivity contribution < 1.29 is 19.8 Å². The maximum absolute atomic E-state index is 11.0. The maximum Gasteiger partial charge on any atom is 0.307 e. The molecule has 1 rings (SSSR count). The minimum Gasteiger partial charge on any atom is -0.481 e. The Kier molecular flexibility index (Phi) is 6.06. The maximum atomic E-state index is 11.0. The molecule has 3 atom stereocenters. The van der Waals surface area contributed by atoms with Crippen molar-refractivity contribution in [1.29, 1.82) is 0 Å². The Hall–Kier alpha value is -0.528. The summed E-state index contributed by atoms with van der Waals surface area (Å²) < 4.78 is 0. The Labute approximate surface area is 106 Å². The third-order valence-electron chi connectivity index (χ3n) is 3.47. The SMILES string of the molecule is CC(C)C1CCC(C(=O)O)C(C(=O)O)C1.[Al]. The van der Waals surface area contributed by atoms with E-state index in [0.717, 1.165) is 6.42 Å². The molecule has 0 aliphatic heterocycles. The van der Waals surface area contributed by atoms with Gasteiger partial charge in [0.1, 0.15) is 0 Å². The fraction of sp³-hybridized carbons (Fsp3) is 0.818. The molecule has 0 saturated heterocycles. The van der Waals surface area contributed by atoms with E-state index in [1.807, 2.05) is 0 Å². The summed E-state index contributed by atoms with van der Waals surface area (Å²) in [7, 11) is 0. The van der Waals surface area contributed by atoms with Crippen LogP contribution >= 0.6 is 0 Å². The summed E-state index contributed by atoms with van der Waals surface area (Å²) in [6.07, 6.45) is 1.83. The first-order valence-corrected chi connectivity index (χ1v) is 5.39. The summed E-state index contributed by atoms with van der Waals surface area (Å²) >= 11 is 0. The van der Waals surface area contributed by atoms with Crippen LogP contribution in [0, 0.1) is 23.7 Å². The van der Waals surface area contributed by atoms with Crippen molar-refractivity contribution in [3.8, 4) is 0 Å². The van der Waals surface area contributed by atoms with E-state index in [-0.39, 0.29) is 17.4 Å². The molecule has 1 saturated carbocycles. The highest BCUT2D eigenvalue weighted by Crippen LogP contribution is 2.37. The van der Waals surface area contributed by atoms with Crippen LogP contribution in [0.3, 0.4) is 0 Å². The first kappa shape index (κ1) is 15.5. The third-order valence-corrected chi connectivity index (χ3v) is 3.47. The molecule has 1 fully saturated rings. The van der Waals surface area contributed by atoms with Crippen molar-refractivity contribution in [2.45, 2.75) is 33.1 Å². The normalized spacial score (nSPS) is 29.6. The van der Waals surface area contributed by atoms with Gasteiger partial charge in [-0.15, -0.1) is 0 Å². The molecule has 2 N–H and O–H groups in total. The second-order valence-electron chi connectivity index (χ2n) is 4.71. The zero-order chi connectivity index (χ0) is 11.6. The standard InChI is InChI=1S/C11H18O4.Al/c1-6(2)7-3-4-8(10(12)13)9(5-7)11(14)15;/h6-9H,3-5H2,1-2H3,(H,12,13)(H,14,15);. The summed E-state index contributed by atoms with van der Waals surface area (Å²) in [5.74, 6) is -2.55. The summed E-state index contributed by atoms with van der Waals surface area (Å²) in [5.41, 5.74) is 0. The van der Waals surface area contributed by atoms with Gasteiger partial charge in [0.15, 0.2) is 0 Å². The molecule has 0 amide bonds. The molecule has 0 heterocycles. The Balaban J connectivity index is 0.00000225. The lowest BCUT2D eigenvalue weighted by Gasteiger charge is -2.33. The van der Waals surface area contributed by atoms with E-state index in [9.17, 15) is 9.59 Å². The van der Waals surface area contributed by atoms with Gasteiger partial charge in [0.2, 0.25) is 0 Å². The van der Waals surface area contributed by atoms with Crippen LogP contribution in [-0.2, 0) is 9.59 Å². The van der Waals surface area contributed by atoms with Gasteiger partial charge in [0.25, 0.3) is 0 Å². The van der Waals surface area contributed by atoms with Crippen LogP contribution in [0.25, 0.3) is 0 Å². The molecule has 5 heteroatoms. The summed E-state index contributed by atoms with van der Waals surface area (Å²) in [5, 5.41) is 17.9. The van der Waals surface area contributed by atoms with Crippen LogP contribution in [0.15, 0.2) is 0 Å². The number of carboxylic acids is 2. The molecule has 1 aliphatic rings. The van der Waals surface area contributed by atoms with Crippen LogP contribution in [-0.4, -0.2) is 39.5 Å².